The molecule has 100 valence electrons. The number of carboxylic acid groups (broad SMARTS) is 1. The lowest BCUT2D eigenvalue weighted by atomic mass is 10.1. The average molecular weight is 264 g/mol. The quantitative estimate of drug-likeness (QED) is 0.898. The third-order valence-corrected chi connectivity index (χ3v) is 2.54. The van der Waals surface area contributed by atoms with Crippen LogP contribution in [0.4, 0.5) is 4.39 Å². The Bertz CT molecular complexity index is 575. The molecule has 1 N–H and O–H groups in total. The number of rotatable bonds is 5. The summed E-state index contributed by atoms with van der Waals surface area (Å²) in [6.45, 7) is 1.77. The van der Waals surface area contributed by atoms with Crippen LogP contribution in [0.2, 0.25) is 0 Å². The number of benzene rings is 1. The topological polar surface area (TPSA) is 76.2 Å². The molecule has 0 atom stereocenters. The molecule has 5 nitrogen and oxygen atoms in total. The molecule has 0 spiro atoms. The van der Waals surface area contributed by atoms with E-state index in [2.05, 4.69) is 10.2 Å². The molecule has 0 saturated heterocycles. The van der Waals surface area contributed by atoms with Crippen LogP contribution in [0.5, 0.6) is 0 Å². The van der Waals surface area contributed by atoms with Gasteiger partial charge in [-0.1, -0.05) is 0 Å². The van der Waals surface area contributed by atoms with E-state index >= 15 is 0 Å². The summed E-state index contributed by atoms with van der Waals surface area (Å²) in [7, 11) is 0. The average Bonchev–Trinajstić information content (AvgIpc) is 2.76. The van der Waals surface area contributed by atoms with Crippen molar-refractivity contribution in [1.82, 2.24) is 10.2 Å². The molecule has 2 aromatic rings. The Morgan fingerprint density at radius 3 is 2.84 bits per heavy atom. The number of aliphatic carboxylic acids is 1. The number of aromatic nitrogens is 2. The van der Waals surface area contributed by atoms with Gasteiger partial charge < -0.3 is 9.52 Å². The Hall–Kier alpha value is -2.24. The van der Waals surface area contributed by atoms with Gasteiger partial charge in [-0.05, 0) is 37.1 Å². The second-order valence-electron chi connectivity index (χ2n) is 4.27. The summed E-state index contributed by atoms with van der Waals surface area (Å²) in [5.74, 6) is -0.618. The molecular formula is C13H13FN2O3. The second-order valence-corrected chi connectivity index (χ2v) is 4.27. The van der Waals surface area contributed by atoms with Crippen molar-refractivity contribution in [2.45, 2.75) is 26.2 Å². The minimum atomic E-state index is -0.861. The van der Waals surface area contributed by atoms with Crippen LogP contribution in [0.15, 0.2) is 22.6 Å². The van der Waals surface area contributed by atoms with Crippen LogP contribution in [0, 0.1) is 12.7 Å². The highest BCUT2D eigenvalue weighted by Gasteiger charge is 2.10. The number of hydrogen-bond acceptors (Lipinski definition) is 4. The molecule has 0 aliphatic rings. The summed E-state index contributed by atoms with van der Waals surface area (Å²) in [6, 6.07) is 4.48. The highest BCUT2D eigenvalue weighted by Crippen LogP contribution is 2.21. The Balaban J connectivity index is 2.09. The fourth-order valence-corrected chi connectivity index (χ4v) is 1.72. The van der Waals surface area contributed by atoms with Gasteiger partial charge in [0, 0.05) is 18.4 Å². The van der Waals surface area contributed by atoms with E-state index in [-0.39, 0.29) is 18.1 Å². The van der Waals surface area contributed by atoms with E-state index in [0.29, 0.717) is 24.3 Å². The normalized spacial score (nSPS) is 10.6. The van der Waals surface area contributed by atoms with Gasteiger partial charge in [0.15, 0.2) is 0 Å². The van der Waals surface area contributed by atoms with E-state index in [1.54, 1.807) is 13.0 Å². The van der Waals surface area contributed by atoms with Crippen molar-refractivity contribution in [2.75, 3.05) is 0 Å². The van der Waals surface area contributed by atoms with Crippen LogP contribution < -0.4 is 0 Å². The van der Waals surface area contributed by atoms with Crippen molar-refractivity contribution < 1.29 is 18.7 Å². The molecular weight excluding hydrogens is 251 g/mol. The molecule has 1 aromatic heterocycles. The van der Waals surface area contributed by atoms with Crippen LogP contribution in [-0.2, 0) is 11.2 Å². The van der Waals surface area contributed by atoms with Crippen molar-refractivity contribution in [1.29, 1.82) is 0 Å². The Morgan fingerprint density at radius 1 is 1.37 bits per heavy atom. The molecule has 0 radical (unpaired) electrons. The number of aryl methyl sites for hydroxylation is 2. The zero-order chi connectivity index (χ0) is 13.8. The number of carboxylic acids is 1. The third kappa shape index (κ3) is 3.61. The van der Waals surface area contributed by atoms with Crippen LogP contribution in [0.1, 0.15) is 24.3 Å². The first kappa shape index (κ1) is 13.2. The van der Waals surface area contributed by atoms with Crippen molar-refractivity contribution in [3.8, 4) is 11.5 Å². The molecule has 1 heterocycles. The minimum Gasteiger partial charge on any atom is -0.481 e. The molecule has 6 heteroatoms. The highest BCUT2D eigenvalue weighted by atomic mass is 19.1. The summed E-state index contributed by atoms with van der Waals surface area (Å²) in [5, 5.41) is 16.2. The first-order valence-electron chi connectivity index (χ1n) is 5.86. The molecule has 0 aliphatic carbocycles. The maximum absolute atomic E-state index is 13.3. The van der Waals surface area contributed by atoms with E-state index < -0.39 is 5.97 Å². The van der Waals surface area contributed by atoms with Crippen molar-refractivity contribution in [3.63, 3.8) is 0 Å². The lowest BCUT2D eigenvalue weighted by Gasteiger charge is -1.98. The van der Waals surface area contributed by atoms with Crippen molar-refractivity contribution in [3.05, 3.63) is 35.5 Å². The van der Waals surface area contributed by atoms with E-state index in [9.17, 15) is 9.18 Å². The maximum atomic E-state index is 13.3. The summed E-state index contributed by atoms with van der Waals surface area (Å²) >= 11 is 0. The van der Waals surface area contributed by atoms with Gasteiger partial charge in [-0.3, -0.25) is 4.79 Å². The molecule has 0 aliphatic heterocycles. The predicted octanol–water partition coefficient (Wildman–Crippen LogP) is 2.59. The zero-order valence-corrected chi connectivity index (χ0v) is 10.4. The van der Waals surface area contributed by atoms with Gasteiger partial charge in [-0.2, -0.15) is 0 Å². The van der Waals surface area contributed by atoms with Gasteiger partial charge in [0.25, 0.3) is 0 Å². The van der Waals surface area contributed by atoms with Gasteiger partial charge >= 0.3 is 5.97 Å². The maximum Gasteiger partial charge on any atom is 0.303 e. The zero-order valence-electron chi connectivity index (χ0n) is 10.4. The van der Waals surface area contributed by atoms with Crippen LogP contribution in [0.3, 0.4) is 0 Å². The molecule has 2 rings (SSSR count). The van der Waals surface area contributed by atoms with Gasteiger partial charge in [-0.15, -0.1) is 10.2 Å². The smallest absolute Gasteiger partial charge is 0.303 e. The Labute approximate surface area is 109 Å². The lowest BCUT2D eigenvalue weighted by Crippen LogP contribution is -1.95. The highest BCUT2D eigenvalue weighted by molar-refractivity contribution is 5.66. The van der Waals surface area contributed by atoms with Crippen molar-refractivity contribution >= 4 is 5.97 Å². The lowest BCUT2D eigenvalue weighted by molar-refractivity contribution is -0.137. The fraction of sp³-hybridized carbons (Fsp3) is 0.308. The van der Waals surface area contributed by atoms with Gasteiger partial charge in [0.1, 0.15) is 5.82 Å². The summed E-state index contributed by atoms with van der Waals surface area (Å²) < 4.78 is 18.6. The predicted molar refractivity (Wildman–Crippen MR) is 65.0 cm³/mol. The Morgan fingerprint density at radius 2 is 2.16 bits per heavy atom. The SMILES string of the molecule is Cc1cc(F)cc(-c2nnc(CCCC(=O)O)o2)c1. The summed E-state index contributed by atoms with van der Waals surface area (Å²) in [6.07, 6.45) is 0.879. The Kier molecular flexibility index (Phi) is 3.89. The summed E-state index contributed by atoms with van der Waals surface area (Å²) in [5.41, 5.74) is 1.29. The molecule has 0 amide bonds. The van der Waals surface area contributed by atoms with Gasteiger partial charge in [0.05, 0.1) is 0 Å². The van der Waals surface area contributed by atoms with Crippen LogP contribution in [0.25, 0.3) is 11.5 Å². The standard InChI is InChI=1S/C13H13FN2O3/c1-8-5-9(7-10(14)6-8)13-16-15-11(19-13)3-2-4-12(17)18/h5-7H,2-4H2,1H3,(H,17,18). The summed E-state index contributed by atoms with van der Waals surface area (Å²) in [4.78, 5) is 10.4. The van der Waals surface area contributed by atoms with E-state index in [4.69, 9.17) is 9.52 Å². The molecule has 19 heavy (non-hydrogen) atoms. The number of halogens is 1. The second kappa shape index (κ2) is 5.60. The molecule has 0 bridgehead atoms. The van der Waals surface area contributed by atoms with Gasteiger partial charge in [0.2, 0.25) is 11.8 Å². The molecule has 0 saturated carbocycles. The number of nitrogens with zero attached hydrogens (tertiary/aromatic N) is 2. The van der Waals surface area contributed by atoms with E-state index in [1.807, 2.05) is 0 Å². The van der Waals surface area contributed by atoms with Crippen molar-refractivity contribution in [2.24, 2.45) is 0 Å². The minimum absolute atomic E-state index is 0.0524. The molecule has 1 aromatic carbocycles. The van der Waals surface area contributed by atoms with E-state index in [1.165, 1.54) is 12.1 Å². The third-order valence-electron chi connectivity index (χ3n) is 2.54. The first-order chi connectivity index (χ1) is 9.04. The molecule has 0 unspecified atom stereocenters. The largest absolute Gasteiger partial charge is 0.481 e. The number of hydrogen-bond donors (Lipinski definition) is 1. The molecule has 0 fully saturated rings. The van der Waals surface area contributed by atoms with Crippen LogP contribution in [-0.4, -0.2) is 21.3 Å². The first-order valence-corrected chi connectivity index (χ1v) is 5.86. The van der Waals surface area contributed by atoms with Crippen LogP contribution >= 0.6 is 0 Å². The van der Waals surface area contributed by atoms with Gasteiger partial charge in [-0.25, -0.2) is 4.39 Å². The van der Waals surface area contributed by atoms with E-state index in [0.717, 1.165) is 5.56 Å². The monoisotopic (exact) mass is 264 g/mol. The number of carbonyl (C=O) groups is 1. The fourth-order valence-electron chi connectivity index (χ4n) is 1.72.